The van der Waals surface area contributed by atoms with E-state index in [1.54, 1.807) is 25.3 Å². The number of ether oxygens (including phenoxy) is 2. The lowest BCUT2D eigenvalue weighted by Gasteiger charge is -2.09. The van der Waals surface area contributed by atoms with Gasteiger partial charge in [-0.25, -0.2) is 0 Å². The minimum Gasteiger partial charge on any atom is -0.493 e. The van der Waals surface area contributed by atoms with Crippen LogP contribution in [0.3, 0.4) is 0 Å². The molecule has 0 fully saturated rings. The minimum absolute atomic E-state index is 0.0219. The molecule has 0 aliphatic rings. The summed E-state index contributed by atoms with van der Waals surface area (Å²) in [5.41, 5.74) is 0.634. The number of Topliss-reactive ketones (excluding diaryl/α,β-unsaturated/α-hetero) is 1. The minimum atomic E-state index is 0.0219. The molecule has 16 heavy (non-hydrogen) atoms. The van der Waals surface area contributed by atoms with Crippen LogP contribution in [0, 0.1) is 0 Å². The van der Waals surface area contributed by atoms with Gasteiger partial charge in [0.25, 0.3) is 0 Å². The summed E-state index contributed by atoms with van der Waals surface area (Å²) in [5.74, 6) is 1.29. The first kappa shape index (κ1) is 14.5. The SMILES string of the molecule is CC.CCOc1cc(C(C)=O)ccc1OC. The second-order valence-corrected chi connectivity index (χ2v) is 2.85. The molecular formula is C13H20O3. The van der Waals surface area contributed by atoms with Gasteiger partial charge in [-0.2, -0.15) is 0 Å². The number of rotatable bonds is 4. The van der Waals surface area contributed by atoms with Crippen molar-refractivity contribution in [2.75, 3.05) is 13.7 Å². The molecule has 0 N–H and O–H groups in total. The topological polar surface area (TPSA) is 35.5 Å². The highest BCUT2D eigenvalue weighted by molar-refractivity contribution is 5.94. The maximum Gasteiger partial charge on any atom is 0.161 e. The van der Waals surface area contributed by atoms with Gasteiger partial charge in [0.2, 0.25) is 0 Å². The van der Waals surface area contributed by atoms with Crippen LogP contribution in [0.15, 0.2) is 18.2 Å². The summed E-state index contributed by atoms with van der Waals surface area (Å²) in [6, 6.07) is 5.16. The van der Waals surface area contributed by atoms with Gasteiger partial charge < -0.3 is 9.47 Å². The van der Waals surface area contributed by atoms with Gasteiger partial charge in [0.15, 0.2) is 17.3 Å². The van der Waals surface area contributed by atoms with E-state index < -0.39 is 0 Å². The molecule has 0 aliphatic heterocycles. The Morgan fingerprint density at radius 1 is 1.25 bits per heavy atom. The predicted octanol–water partition coefficient (Wildman–Crippen LogP) is 3.32. The van der Waals surface area contributed by atoms with Crippen molar-refractivity contribution in [3.63, 3.8) is 0 Å². The Balaban J connectivity index is 0.00000106. The smallest absolute Gasteiger partial charge is 0.161 e. The number of benzene rings is 1. The van der Waals surface area contributed by atoms with Crippen LogP contribution < -0.4 is 9.47 Å². The summed E-state index contributed by atoms with van der Waals surface area (Å²) in [6.07, 6.45) is 0. The van der Waals surface area contributed by atoms with Crippen molar-refractivity contribution in [1.82, 2.24) is 0 Å². The lowest BCUT2D eigenvalue weighted by atomic mass is 10.1. The highest BCUT2D eigenvalue weighted by Gasteiger charge is 2.07. The standard InChI is InChI=1S/C11H14O3.C2H6/c1-4-14-11-7-9(8(2)12)5-6-10(11)13-3;1-2/h5-7H,4H2,1-3H3;1-2H3. The van der Waals surface area contributed by atoms with Crippen LogP contribution in [-0.4, -0.2) is 19.5 Å². The number of carbonyl (C=O) groups is 1. The van der Waals surface area contributed by atoms with Crippen molar-refractivity contribution in [1.29, 1.82) is 0 Å². The summed E-state index contributed by atoms with van der Waals surface area (Å²) in [5, 5.41) is 0. The zero-order chi connectivity index (χ0) is 12.6. The Kier molecular flexibility index (Phi) is 7.01. The van der Waals surface area contributed by atoms with E-state index in [-0.39, 0.29) is 5.78 Å². The van der Waals surface area contributed by atoms with Crippen LogP contribution >= 0.6 is 0 Å². The fourth-order valence-corrected chi connectivity index (χ4v) is 1.16. The van der Waals surface area contributed by atoms with Crippen LogP contribution in [-0.2, 0) is 0 Å². The molecule has 0 spiro atoms. The van der Waals surface area contributed by atoms with Crippen LogP contribution in [0.1, 0.15) is 38.1 Å². The largest absolute Gasteiger partial charge is 0.493 e. The van der Waals surface area contributed by atoms with Crippen molar-refractivity contribution in [3.8, 4) is 11.5 Å². The van der Waals surface area contributed by atoms with Crippen LogP contribution in [0.5, 0.6) is 11.5 Å². The second-order valence-electron chi connectivity index (χ2n) is 2.85. The normalized spacial score (nSPS) is 8.81. The van der Waals surface area contributed by atoms with Crippen molar-refractivity contribution >= 4 is 5.78 Å². The third-order valence-electron chi connectivity index (χ3n) is 1.87. The molecule has 0 bridgehead atoms. The van der Waals surface area contributed by atoms with Crippen molar-refractivity contribution in [2.45, 2.75) is 27.7 Å². The molecule has 1 rings (SSSR count). The van der Waals surface area contributed by atoms with E-state index in [2.05, 4.69) is 0 Å². The summed E-state index contributed by atoms with van der Waals surface area (Å²) in [7, 11) is 1.57. The lowest BCUT2D eigenvalue weighted by Crippen LogP contribution is -1.98. The fraction of sp³-hybridized carbons (Fsp3) is 0.462. The first-order valence-corrected chi connectivity index (χ1v) is 5.50. The first-order valence-electron chi connectivity index (χ1n) is 5.50. The van der Waals surface area contributed by atoms with Crippen LogP contribution in [0.2, 0.25) is 0 Å². The van der Waals surface area contributed by atoms with E-state index in [0.29, 0.717) is 23.7 Å². The molecule has 1 aromatic rings. The van der Waals surface area contributed by atoms with Gasteiger partial charge in [0.05, 0.1) is 13.7 Å². The number of carbonyl (C=O) groups excluding carboxylic acids is 1. The first-order chi connectivity index (χ1) is 7.69. The molecule has 0 radical (unpaired) electrons. The Bertz CT molecular complexity index is 332. The molecule has 0 heterocycles. The molecule has 3 heteroatoms. The molecule has 0 aromatic heterocycles. The Morgan fingerprint density at radius 3 is 2.31 bits per heavy atom. The zero-order valence-corrected chi connectivity index (χ0v) is 10.7. The van der Waals surface area contributed by atoms with Crippen LogP contribution in [0.4, 0.5) is 0 Å². The number of methoxy groups -OCH3 is 1. The van der Waals surface area contributed by atoms with Gasteiger partial charge in [-0.15, -0.1) is 0 Å². The van der Waals surface area contributed by atoms with Gasteiger partial charge in [-0.1, -0.05) is 13.8 Å². The molecule has 0 amide bonds. The third-order valence-corrected chi connectivity index (χ3v) is 1.87. The zero-order valence-electron chi connectivity index (χ0n) is 10.7. The molecule has 3 nitrogen and oxygen atoms in total. The molecule has 0 atom stereocenters. The van der Waals surface area contributed by atoms with Crippen molar-refractivity contribution in [3.05, 3.63) is 23.8 Å². The van der Waals surface area contributed by atoms with E-state index >= 15 is 0 Å². The van der Waals surface area contributed by atoms with Crippen molar-refractivity contribution < 1.29 is 14.3 Å². The molecule has 1 aromatic carbocycles. The lowest BCUT2D eigenvalue weighted by molar-refractivity contribution is 0.101. The van der Waals surface area contributed by atoms with E-state index in [1.165, 1.54) is 6.92 Å². The second kappa shape index (κ2) is 7.74. The summed E-state index contributed by atoms with van der Waals surface area (Å²) in [6.45, 7) is 7.97. The summed E-state index contributed by atoms with van der Waals surface area (Å²) < 4.78 is 10.4. The Hall–Kier alpha value is -1.51. The van der Waals surface area contributed by atoms with Gasteiger partial charge in [-0.3, -0.25) is 4.79 Å². The predicted molar refractivity (Wildman–Crippen MR) is 65.5 cm³/mol. The van der Waals surface area contributed by atoms with E-state index in [9.17, 15) is 4.79 Å². The van der Waals surface area contributed by atoms with Crippen LogP contribution in [0.25, 0.3) is 0 Å². The molecule has 0 unspecified atom stereocenters. The van der Waals surface area contributed by atoms with Gasteiger partial charge in [0.1, 0.15) is 0 Å². The van der Waals surface area contributed by atoms with Crippen molar-refractivity contribution in [2.24, 2.45) is 0 Å². The average molecular weight is 224 g/mol. The monoisotopic (exact) mass is 224 g/mol. The third kappa shape index (κ3) is 3.93. The number of hydrogen-bond acceptors (Lipinski definition) is 3. The molecule has 0 aliphatic carbocycles. The molecule has 0 saturated carbocycles. The van der Waals surface area contributed by atoms with Gasteiger partial charge in [-0.05, 0) is 32.0 Å². The number of ketones is 1. The quantitative estimate of drug-likeness (QED) is 0.736. The Morgan fingerprint density at radius 2 is 1.88 bits per heavy atom. The molecule has 0 saturated heterocycles. The van der Waals surface area contributed by atoms with Gasteiger partial charge >= 0.3 is 0 Å². The van der Waals surface area contributed by atoms with Gasteiger partial charge in [0, 0.05) is 5.56 Å². The molecule has 90 valence electrons. The highest BCUT2D eigenvalue weighted by atomic mass is 16.5. The highest BCUT2D eigenvalue weighted by Crippen LogP contribution is 2.28. The van der Waals surface area contributed by atoms with E-state index in [0.717, 1.165) is 0 Å². The summed E-state index contributed by atoms with van der Waals surface area (Å²) >= 11 is 0. The molecular weight excluding hydrogens is 204 g/mol. The number of hydrogen-bond donors (Lipinski definition) is 0. The van der Waals surface area contributed by atoms with E-state index in [4.69, 9.17) is 9.47 Å². The summed E-state index contributed by atoms with van der Waals surface area (Å²) in [4.78, 5) is 11.1. The Labute approximate surface area is 97.4 Å². The maximum atomic E-state index is 11.1. The fourth-order valence-electron chi connectivity index (χ4n) is 1.16. The van der Waals surface area contributed by atoms with E-state index in [1.807, 2.05) is 20.8 Å². The maximum absolute atomic E-state index is 11.1. The average Bonchev–Trinajstić information content (AvgIpc) is 2.32.